The molecule has 0 rings (SSSR count). The molecule has 68 valence electrons. The minimum Gasteiger partial charge on any atom is -0.323 e. The van der Waals surface area contributed by atoms with Gasteiger partial charge in [-0.1, -0.05) is 0 Å². The lowest BCUT2D eigenvalue weighted by molar-refractivity contribution is 0.357. The first-order valence-corrected chi connectivity index (χ1v) is 6.35. The third-order valence-corrected chi connectivity index (χ3v) is 3.07. The SMILES string of the molecule is C[S@@](=O)CC[C@H](N)P(=O)(O)O. The van der Waals surface area contributed by atoms with Gasteiger partial charge in [-0.05, 0) is 6.42 Å². The monoisotopic (exact) mass is 201 g/mol. The van der Waals surface area contributed by atoms with Gasteiger partial charge in [-0.25, -0.2) is 0 Å². The first-order chi connectivity index (χ1) is 4.84. The van der Waals surface area contributed by atoms with E-state index in [9.17, 15) is 8.77 Å². The van der Waals surface area contributed by atoms with Gasteiger partial charge in [0.05, 0.1) is 0 Å². The standard InChI is InChI=1S/C4H12NO4PS/c1-11(9)3-2-4(5)10(6,7)8/h4H,2-3,5H2,1H3,(H2,6,7,8)/t4-,11-/m1/s1. The van der Waals surface area contributed by atoms with Crippen molar-refractivity contribution in [2.45, 2.75) is 12.2 Å². The summed E-state index contributed by atoms with van der Waals surface area (Å²) < 4.78 is 20.9. The maximum Gasteiger partial charge on any atom is 0.342 e. The van der Waals surface area contributed by atoms with E-state index in [4.69, 9.17) is 15.5 Å². The van der Waals surface area contributed by atoms with Crippen molar-refractivity contribution in [1.29, 1.82) is 0 Å². The average Bonchev–Trinajstić information content (AvgIpc) is 1.80. The Bertz CT molecular complexity index is 191. The molecule has 0 aliphatic carbocycles. The van der Waals surface area contributed by atoms with Crippen LogP contribution in [0.2, 0.25) is 0 Å². The van der Waals surface area contributed by atoms with E-state index in [0.29, 0.717) is 0 Å². The second-order valence-corrected chi connectivity index (χ2v) is 5.62. The third-order valence-electron chi connectivity index (χ3n) is 1.13. The molecule has 5 nitrogen and oxygen atoms in total. The second kappa shape index (κ2) is 4.33. The van der Waals surface area contributed by atoms with E-state index in [1.165, 1.54) is 6.26 Å². The van der Waals surface area contributed by atoms with E-state index in [1.54, 1.807) is 0 Å². The van der Waals surface area contributed by atoms with Gasteiger partial charge in [-0.15, -0.1) is 0 Å². The molecule has 0 aliphatic heterocycles. The summed E-state index contributed by atoms with van der Waals surface area (Å²) in [6.07, 6.45) is 1.56. The Kier molecular flexibility index (Phi) is 4.43. The summed E-state index contributed by atoms with van der Waals surface area (Å²) in [5.74, 6) is -0.946. The van der Waals surface area contributed by atoms with Crippen molar-refractivity contribution < 1.29 is 18.6 Å². The van der Waals surface area contributed by atoms with E-state index >= 15 is 0 Å². The number of hydrogen-bond donors (Lipinski definition) is 3. The van der Waals surface area contributed by atoms with Crippen LogP contribution in [0.3, 0.4) is 0 Å². The van der Waals surface area contributed by atoms with E-state index < -0.39 is 24.2 Å². The average molecular weight is 201 g/mol. The Morgan fingerprint density at radius 1 is 1.64 bits per heavy atom. The number of hydrogen-bond acceptors (Lipinski definition) is 3. The van der Waals surface area contributed by atoms with Crippen LogP contribution in [-0.4, -0.2) is 31.8 Å². The lowest BCUT2D eigenvalue weighted by Crippen LogP contribution is -2.22. The number of rotatable bonds is 4. The Labute approximate surface area is 67.6 Å². The van der Waals surface area contributed by atoms with Gasteiger partial charge in [0, 0.05) is 22.8 Å². The normalized spacial score (nSPS) is 17.8. The molecule has 0 saturated carbocycles. The molecule has 0 aromatic rings. The molecule has 0 heterocycles. The van der Waals surface area contributed by atoms with Gasteiger partial charge in [0.2, 0.25) is 0 Å². The number of nitrogens with two attached hydrogens (primary N) is 1. The highest BCUT2D eigenvalue weighted by Crippen LogP contribution is 2.39. The molecule has 0 amide bonds. The minimum atomic E-state index is -4.17. The minimum absolute atomic E-state index is 0.0907. The van der Waals surface area contributed by atoms with Crippen LogP contribution in [0.15, 0.2) is 0 Å². The molecule has 0 aromatic heterocycles. The van der Waals surface area contributed by atoms with E-state index in [-0.39, 0.29) is 12.2 Å². The third kappa shape index (κ3) is 5.52. The maximum absolute atomic E-state index is 10.5. The van der Waals surface area contributed by atoms with Crippen LogP contribution < -0.4 is 5.73 Å². The first kappa shape index (κ1) is 11.3. The van der Waals surface area contributed by atoms with Gasteiger partial charge in [-0.2, -0.15) is 0 Å². The molecule has 11 heavy (non-hydrogen) atoms. The molecular formula is C4H12NO4PS. The van der Waals surface area contributed by atoms with Crippen LogP contribution in [0.4, 0.5) is 0 Å². The van der Waals surface area contributed by atoms with Crippen LogP contribution in [0.5, 0.6) is 0 Å². The van der Waals surface area contributed by atoms with Crippen molar-refractivity contribution in [2.75, 3.05) is 12.0 Å². The molecule has 7 heteroatoms. The molecule has 0 spiro atoms. The summed E-state index contributed by atoms with van der Waals surface area (Å²) in [5, 5.41) is 0. The Balaban J connectivity index is 3.80. The van der Waals surface area contributed by atoms with E-state index in [1.807, 2.05) is 0 Å². The van der Waals surface area contributed by atoms with Crippen molar-refractivity contribution in [3.05, 3.63) is 0 Å². The highest BCUT2D eigenvalue weighted by molar-refractivity contribution is 7.84. The van der Waals surface area contributed by atoms with Gasteiger partial charge >= 0.3 is 7.60 Å². The van der Waals surface area contributed by atoms with Crippen molar-refractivity contribution in [1.82, 2.24) is 0 Å². The van der Waals surface area contributed by atoms with Crippen LogP contribution in [-0.2, 0) is 15.4 Å². The van der Waals surface area contributed by atoms with Crippen LogP contribution >= 0.6 is 7.60 Å². The molecule has 0 unspecified atom stereocenters. The lowest BCUT2D eigenvalue weighted by Gasteiger charge is -2.11. The van der Waals surface area contributed by atoms with Gasteiger partial charge in [0.25, 0.3) is 0 Å². The summed E-state index contributed by atoms with van der Waals surface area (Å²) in [5.41, 5.74) is 5.10. The summed E-state index contributed by atoms with van der Waals surface area (Å²) in [7, 11) is -5.21. The lowest BCUT2D eigenvalue weighted by atomic mass is 10.5. The molecule has 0 aromatic carbocycles. The summed E-state index contributed by atoms with van der Waals surface area (Å²) in [6.45, 7) is 0. The van der Waals surface area contributed by atoms with E-state index in [2.05, 4.69) is 0 Å². The molecule has 0 bridgehead atoms. The van der Waals surface area contributed by atoms with Crippen LogP contribution in [0, 0.1) is 0 Å². The van der Waals surface area contributed by atoms with Crippen molar-refractivity contribution in [3.63, 3.8) is 0 Å². The van der Waals surface area contributed by atoms with Crippen molar-refractivity contribution in [2.24, 2.45) is 5.73 Å². The Hall–Kier alpha value is 0.260. The fraction of sp³-hybridized carbons (Fsp3) is 1.00. The molecule has 0 radical (unpaired) electrons. The topological polar surface area (TPSA) is 101 Å². The summed E-state index contributed by atoms with van der Waals surface area (Å²) in [4.78, 5) is 17.0. The van der Waals surface area contributed by atoms with Crippen LogP contribution in [0.1, 0.15) is 6.42 Å². The molecule has 0 saturated heterocycles. The molecule has 2 atom stereocenters. The summed E-state index contributed by atoms with van der Waals surface area (Å²) >= 11 is 0. The fourth-order valence-electron chi connectivity index (χ4n) is 0.455. The van der Waals surface area contributed by atoms with Crippen LogP contribution in [0.25, 0.3) is 0 Å². The predicted octanol–water partition coefficient (Wildman–Crippen LogP) is -0.782. The maximum atomic E-state index is 10.5. The van der Waals surface area contributed by atoms with Gasteiger partial charge < -0.3 is 15.5 Å². The zero-order valence-corrected chi connectivity index (χ0v) is 7.85. The molecule has 0 aliphatic rings. The van der Waals surface area contributed by atoms with Gasteiger partial charge in [0.15, 0.2) is 0 Å². The largest absolute Gasteiger partial charge is 0.342 e. The van der Waals surface area contributed by atoms with Crippen molar-refractivity contribution in [3.8, 4) is 0 Å². The van der Waals surface area contributed by atoms with Gasteiger partial charge in [-0.3, -0.25) is 8.77 Å². The quantitative estimate of drug-likeness (QED) is 0.518. The molecule has 4 N–H and O–H groups in total. The van der Waals surface area contributed by atoms with Gasteiger partial charge in [0.1, 0.15) is 5.78 Å². The highest BCUT2D eigenvalue weighted by atomic mass is 32.2. The predicted molar refractivity (Wildman–Crippen MR) is 43.6 cm³/mol. The van der Waals surface area contributed by atoms with Crippen molar-refractivity contribution >= 4 is 18.4 Å². The molecular weight excluding hydrogens is 189 g/mol. The zero-order valence-electron chi connectivity index (χ0n) is 6.14. The molecule has 0 fully saturated rings. The second-order valence-electron chi connectivity index (χ2n) is 2.22. The Morgan fingerprint density at radius 3 is 2.36 bits per heavy atom. The smallest absolute Gasteiger partial charge is 0.323 e. The fourth-order valence-corrected chi connectivity index (χ4v) is 1.68. The highest BCUT2D eigenvalue weighted by Gasteiger charge is 2.23. The zero-order chi connectivity index (χ0) is 9.07. The summed E-state index contributed by atoms with van der Waals surface area (Å²) in [6, 6.07) is 0. The Morgan fingerprint density at radius 2 is 2.09 bits per heavy atom. The first-order valence-electron chi connectivity index (χ1n) is 2.95. The van der Waals surface area contributed by atoms with E-state index in [0.717, 1.165) is 0 Å².